The predicted octanol–water partition coefficient (Wildman–Crippen LogP) is 6.63. The molecule has 0 heterocycles. The van der Waals surface area contributed by atoms with Crippen molar-refractivity contribution in [3.8, 4) is 11.5 Å². The van der Waals surface area contributed by atoms with Crippen molar-refractivity contribution in [2.24, 2.45) is 5.73 Å². The minimum absolute atomic E-state index is 0.0983. The quantitative estimate of drug-likeness (QED) is 0.114. The van der Waals surface area contributed by atoms with Gasteiger partial charge in [-0.15, -0.1) is 0 Å². The molecule has 0 saturated carbocycles. The third-order valence-electron chi connectivity index (χ3n) is 6.43. The lowest BCUT2D eigenvalue weighted by Crippen LogP contribution is -2.53. The topological polar surface area (TPSA) is 159 Å². The Hall–Kier alpha value is -3.54. The van der Waals surface area contributed by atoms with Crippen LogP contribution in [0.1, 0.15) is 99.0 Å². The molecule has 2 N–H and O–H groups in total. The summed E-state index contributed by atoms with van der Waals surface area (Å²) in [5.41, 5.74) is 5.31. The number of hydrogen-bond donors (Lipinski definition) is 1. The normalized spacial score (nSPS) is 15.1. The maximum absolute atomic E-state index is 12.8. The fourth-order valence-corrected chi connectivity index (χ4v) is 4.49. The Kier molecular flexibility index (Phi) is 16.5. The monoisotopic (exact) mass is 611 g/mol. The van der Waals surface area contributed by atoms with Gasteiger partial charge in [-0.2, -0.15) is 0 Å². The fraction of sp³-hybridized carbons (Fsp3) is 0.677. The van der Waals surface area contributed by atoms with Crippen LogP contribution in [-0.2, 0) is 34.9 Å². The lowest BCUT2D eigenvalue weighted by Gasteiger charge is -2.29. The van der Waals surface area contributed by atoms with Gasteiger partial charge in [0.15, 0.2) is 11.5 Å². The van der Waals surface area contributed by atoms with E-state index in [0.29, 0.717) is 24.8 Å². The molecule has 244 valence electrons. The van der Waals surface area contributed by atoms with Crippen LogP contribution in [0.25, 0.3) is 0 Å². The number of ether oxygens (including phenoxy) is 7. The first-order valence-electron chi connectivity index (χ1n) is 14.9. The zero-order valence-electron chi connectivity index (χ0n) is 26.8. The van der Waals surface area contributed by atoms with Gasteiger partial charge >= 0.3 is 24.4 Å². The van der Waals surface area contributed by atoms with Gasteiger partial charge in [-0.1, -0.05) is 46.1 Å². The van der Waals surface area contributed by atoms with E-state index in [4.69, 9.17) is 38.9 Å². The molecule has 0 bridgehead atoms. The maximum Gasteiger partial charge on any atom is 0.514 e. The molecule has 0 aliphatic carbocycles. The second kappa shape index (κ2) is 18.9. The Morgan fingerprint density at radius 1 is 0.698 bits per heavy atom. The smallest absolute Gasteiger partial charge is 0.468 e. The molecular formula is C31H49NO11. The van der Waals surface area contributed by atoms with Crippen LogP contribution in [0.3, 0.4) is 0 Å². The van der Waals surface area contributed by atoms with Crippen molar-refractivity contribution in [1.29, 1.82) is 0 Å². The summed E-state index contributed by atoms with van der Waals surface area (Å²) in [5.74, 6) is -0.991. The Labute approximate surface area is 254 Å². The number of benzene rings is 1. The number of carbonyl (C=O) groups excluding carboxylic acids is 4. The fourth-order valence-electron chi connectivity index (χ4n) is 4.49. The number of nitrogens with two attached hydrogens (primary N) is 1. The summed E-state index contributed by atoms with van der Waals surface area (Å²) >= 11 is 0. The van der Waals surface area contributed by atoms with Gasteiger partial charge in [-0.05, 0) is 64.7 Å². The maximum atomic E-state index is 12.8. The highest BCUT2D eigenvalue weighted by atomic mass is 16.8. The van der Waals surface area contributed by atoms with Crippen molar-refractivity contribution < 1.29 is 52.3 Å². The van der Waals surface area contributed by atoms with Crippen molar-refractivity contribution >= 4 is 24.4 Å². The molecule has 1 aromatic carbocycles. The lowest BCUT2D eigenvalue weighted by molar-refractivity contribution is -0.148. The van der Waals surface area contributed by atoms with E-state index < -0.39 is 42.2 Å². The summed E-state index contributed by atoms with van der Waals surface area (Å²) in [5, 5.41) is 0. The zero-order valence-corrected chi connectivity index (χ0v) is 26.8. The first-order valence-corrected chi connectivity index (χ1v) is 14.9. The molecule has 0 saturated heterocycles. The van der Waals surface area contributed by atoms with Crippen LogP contribution in [0.2, 0.25) is 0 Å². The summed E-state index contributed by atoms with van der Waals surface area (Å²) in [4.78, 5) is 50.0. The van der Waals surface area contributed by atoms with Gasteiger partial charge < -0.3 is 38.9 Å². The third kappa shape index (κ3) is 14.0. The van der Waals surface area contributed by atoms with Gasteiger partial charge in [0.25, 0.3) is 0 Å². The van der Waals surface area contributed by atoms with Crippen LogP contribution in [0.15, 0.2) is 18.2 Å². The van der Waals surface area contributed by atoms with E-state index in [0.717, 1.165) is 19.3 Å². The molecule has 0 fully saturated rings. The summed E-state index contributed by atoms with van der Waals surface area (Å²) in [6.07, 6.45) is -0.581. The van der Waals surface area contributed by atoms with E-state index >= 15 is 0 Å². The molecule has 3 unspecified atom stereocenters. The molecule has 0 aromatic heterocycles. The zero-order chi connectivity index (χ0) is 32.6. The summed E-state index contributed by atoms with van der Waals surface area (Å²) < 4.78 is 36.8. The number of hydrogen-bond acceptors (Lipinski definition) is 12. The molecule has 0 radical (unpaired) electrons. The molecule has 0 amide bonds. The van der Waals surface area contributed by atoms with Crippen molar-refractivity contribution in [2.45, 2.75) is 130 Å². The van der Waals surface area contributed by atoms with Crippen molar-refractivity contribution in [3.05, 3.63) is 23.8 Å². The Bertz CT molecular complexity index is 1050. The highest BCUT2D eigenvalue weighted by Gasteiger charge is 2.38. The van der Waals surface area contributed by atoms with E-state index in [1.54, 1.807) is 33.8 Å². The Morgan fingerprint density at radius 3 is 1.60 bits per heavy atom. The minimum atomic E-state index is -1.65. The third-order valence-corrected chi connectivity index (χ3v) is 6.43. The van der Waals surface area contributed by atoms with Crippen LogP contribution in [0.5, 0.6) is 11.5 Å². The molecule has 1 rings (SSSR count). The van der Waals surface area contributed by atoms with Gasteiger partial charge in [-0.3, -0.25) is 4.79 Å². The van der Waals surface area contributed by atoms with Crippen LogP contribution in [0, 0.1) is 0 Å². The van der Waals surface area contributed by atoms with Gasteiger partial charge in [0.2, 0.25) is 0 Å². The molecular weight excluding hydrogens is 562 g/mol. The molecule has 1 aromatic rings. The van der Waals surface area contributed by atoms with Crippen molar-refractivity contribution in [3.63, 3.8) is 0 Å². The summed E-state index contributed by atoms with van der Waals surface area (Å²) in [6, 6.07) is 4.34. The number of rotatable bonds is 17. The highest BCUT2D eigenvalue weighted by molar-refractivity contribution is 5.81. The molecule has 12 nitrogen and oxygen atoms in total. The molecule has 0 spiro atoms. The van der Waals surface area contributed by atoms with Gasteiger partial charge in [0.1, 0.15) is 30.0 Å². The van der Waals surface area contributed by atoms with Crippen LogP contribution in [0.4, 0.5) is 14.4 Å². The van der Waals surface area contributed by atoms with Crippen molar-refractivity contribution in [1.82, 2.24) is 0 Å². The van der Waals surface area contributed by atoms with Gasteiger partial charge in [0, 0.05) is 12.8 Å². The first-order chi connectivity index (χ1) is 20.3. The van der Waals surface area contributed by atoms with E-state index in [2.05, 4.69) is 0 Å². The van der Waals surface area contributed by atoms with E-state index in [1.165, 1.54) is 19.2 Å². The lowest BCUT2D eigenvalue weighted by atomic mass is 9.86. The average molecular weight is 612 g/mol. The molecule has 43 heavy (non-hydrogen) atoms. The van der Waals surface area contributed by atoms with Crippen LogP contribution in [-0.4, -0.2) is 61.5 Å². The van der Waals surface area contributed by atoms with Gasteiger partial charge in [-0.25, -0.2) is 14.4 Å². The van der Waals surface area contributed by atoms with Gasteiger partial charge in [0.05, 0.1) is 7.11 Å². The summed E-state index contributed by atoms with van der Waals surface area (Å²) in [7, 11) is 1.19. The van der Waals surface area contributed by atoms with E-state index in [-0.39, 0.29) is 36.5 Å². The van der Waals surface area contributed by atoms with E-state index in [1.807, 2.05) is 20.8 Å². The largest absolute Gasteiger partial charge is 0.514 e. The Morgan fingerprint density at radius 2 is 1.14 bits per heavy atom. The molecule has 0 aliphatic heterocycles. The second-order valence-electron chi connectivity index (χ2n) is 10.8. The molecule has 5 atom stereocenters. The highest BCUT2D eigenvalue weighted by Crippen LogP contribution is 2.32. The SMILES string of the molecule is CCCC(C)OC(=O)Oc1ccc(CC(N)(C[C@H](C)OC(=O)O[C@@H](C)CCC)C(=O)OC)cc1OC(=O)OC(C)CCC. The molecule has 12 heteroatoms. The molecule has 0 aliphatic rings. The van der Waals surface area contributed by atoms with Crippen LogP contribution < -0.4 is 15.2 Å². The average Bonchev–Trinajstić information content (AvgIpc) is 2.89. The Balaban J connectivity index is 3.23. The predicted molar refractivity (Wildman–Crippen MR) is 158 cm³/mol. The number of methoxy groups -OCH3 is 1. The minimum Gasteiger partial charge on any atom is -0.468 e. The number of carbonyl (C=O) groups is 4. The standard InChI is InChI=1S/C31H49NO11/c1-9-12-20(4)38-28(34)41-23(7)18-31(32,27(33)37-8)19-24-15-16-25(42-29(35)39-21(5)13-10-2)26(17-24)43-30(36)40-22(6)14-11-3/h15-17,20-23H,9-14,18-19,32H2,1-8H3/t20-,21?,22?,23-,31?/m0/s1. The van der Waals surface area contributed by atoms with E-state index in [9.17, 15) is 19.2 Å². The number of esters is 1. The summed E-state index contributed by atoms with van der Waals surface area (Å²) in [6.45, 7) is 12.7. The second-order valence-corrected chi connectivity index (χ2v) is 10.8. The van der Waals surface area contributed by atoms with Crippen molar-refractivity contribution in [2.75, 3.05) is 7.11 Å². The first kappa shape index (κ1) is 37.5. The van der Waals surface area contributed by atoms with Crippen LogP contribution >= 0.6 is 0 Å².